The van der Waals surface area contributed by atoms with Gasteiger partial charge in [0.05, 0.1) is 10.5 Å². The topological polar surface area (TPSA) is 105 Å². The summed E-state index contributed by atoms with van der Waals surface area (Å²) >= 11 is 0. The summed E-state index contributed by atoms with van der Waals surface area (Å²) in [5, 5.41) is 4.72. The molecule has 2 heterocycles. The fourth-order valence-corrected chi connectivity index (χ4v) is 3.41. The molecule has 1 aliphatic heterocycles. The molecule has 0 saturated heterocycles. The molecule has 0 unspecified atom stereocenters. The number of carbonyl (C=O) groups is 1. The molecule has 0 spiro atoms. The van der Waals surface area contributed by atoms with Gasteiger partial charge in [0.15, 0.2) is 5.82 Å². The summed E-state index contributed by atoms with van der Waals surface area (Å²) in [6.45, 7) is 1.88. The third kappa shape index (κ3) is 2.60. The molecule has 9 heteroatoms. The summed E-state index contributed by atoms with van der Waals surface area (Å²) in [7, 11) is -3.78. The molecule has 0 radical (unpaired) electrons. The van der Waals surface area contributed by atoms with E-state index in [0.717, 1.165) is 11.4 Å². The molecule has 0 saturated carbocycles. The first-order valence-electron chi connectivity index (χ1n) is 6.76. The molecule has 1 aliphatic rings. The number of amides is 1. The lowest BCUT2D eigenvalue weighted by Crippen LogP contribution is -2.50. The lowest BCUT2D eigenvalue weighted by atomic mass is 10.2. The molecule has 2 aromatic rings. The molecular weight excluding hydrogens is 308 g/mol. The summed E-state index contributed by atoms with van der Waals surface area (Å²) in [5.74, 6) is 0.261. The number of rotatable bonds is 4. The second-order valence-corrected chi connectivity index (χ2v) is 6.47. The highest BCUT2D eigenvalue weighted by Crippen LogP contribution is 2.22. The van der Waals surface area contributed by atoms with E-state index >= 15 is 0 Å². The van der Waals surface area contributed by atoms with Crippen LogP contribution in [0.5, 0.6) is 0 Å². The minimum absolute atomic E-state index is 0.0314. The van der Waals surface area contributed by atoms with Crippen molar-refractivity contribution in [3.05, 3.63) is 41.5 Å². The Balaban J connectivity index is 1.88. The second kappa shape index (κ2) is 5.50. The maximum Gasteiger partial charge on any atom is 0.270 e. The standard InChI is InChI=1S/C13H14N4O4S/c1-2-5-12-14-11(15-21-12)8-17-13(18)9-6-3-4-7-10(9)22(19,20)16-17/h3-4,6-7,16H,2,5,8H2,1H3. The highest BCUT2D eigenvalue weighted by Gasteiger charge is 2.34. The summed E-state index contributed by atoms with van der Waals surface area (Å²) in [6.07, 6.45) is 1.49. The van der Waals surface area contributed by atoms with Gasteiger partial charge in [-0.25, -0.2) is 8.42 Å². The summed E-state index contributed by atoms with van der Waals surface area (Å²) in [4.78, 5) is 18.7. The molecule has 116 valence electrons. The molecule has 0 fully saturated rings. The van der Waals surface area contributed by atoms with Crippen molar-refractivity contribution in [3.63, 3.8) is 0 Å². The maximum absolute atomic E-state index is 12.4. The number of aromatic nitrogens is 2. The number of carbonyl (C=O) groups excluding carboxylic acids is 1. The highest BCUT2D eigenvalue weighted by atomic mass is 32.2. The average molecular weight is 322 g/mol. The van der Waals surface area contributed by atoms with Crippen molar-refractivity contribution in [2.75, 3.05) is 0 Å². The van der Waals surface area contributed by atoms with Gasteiger partial charge in [0.25, 0.3) is 15.9 Å². The van der Waals surface area contributed by atoms with Gasteiger partial charge in [0.2, 0.25) is 5.89 Å². The molecule has 1 amide bonds. The van der Waals surface area contributed by atoms with Crippen molar-refractivity contribution < 1.29 is 17.7 Å². The van der Waals surface area contributed by atoms with Crippen LogP contribution in [0.15, 0.2) is 33.7 Å². The van der Waals surface area contributed by atoms with Crippen LogP contribution < -0.4 is 4.83 Å². The van der Waals surface area contributed by atoms with Gasteiger partial charge in [-0.3, -0.25) is 9.80 Å². The molecule has 3 rings (SSSR count). The van der Waals surface area contributed by atoms with Crippen LogP contribution in [0.1, 0.15) is 35.4 Å². The number of fused-ring (bicyclic) bond motifs is 1. The molecule has 1 N–H and O–H groups in total. The largest absolute Gasteiger partial charge is 0.339 e. The van der Waals surface area contributed by atoms with Crippen LogP contribution in [-0.2, 0) is 23.0 Å². The summed E-state index contributed by atoms with van der Waals surface area (Å²) in [6, 6.07) is 6.04. The summed E-state index contributed by atoms with van der Waals surface area (Å²) in [5.41, 5.74) is 0.124. The van der Waals surface area contributed by atoms with E-state index in [1.165, 1.54) is 12.1 Å². The quantitative estimate of drug-likeness (QED) is 0.895. The normalized spacial score (nSPS) is 16.6. The van der Waals surface area contributed by atoms with Crippen molar-refractivity contribution in [2.24, 2.45) is 0 Å². The first kappa shape index (κ1) is 14.7. The monoisotopic (exact) mass is 322 g/mol. The zero-order valence-electron chi connectivity index (χ0n) is 11.8. The number of nitrogens with zero attached hydrogens (tertiary/aromatic N) is 3. The van der Waals surface area contributed by atoms with Gasteiger partial charge in [0.1, 0.15) is 6.54 Å². The Labute approximate surface area is 127 Å². The Hall–Kier alpha value is -2.26. The molecule has 0 aliphatic carbocycles. The fourth-order valence-electron chi connectivity index (χ4n) is 2.17. The number of nitrogens with one attached hydrogen (secondary N) is 1. The molecule has 0 bridgehead atoms. The zero-order chi connectivity index (χ0) is 15.7. The van der Waals surface area contributed by atoms with Gasteiger partial charge in [-0.05, 0) is 18.6 Å². The van der Waals surface area contributed by atoms with E-state index < -0.39 is 15.9 Å². The Morgan fingerprint density at radius 3 is 2.86 bits per heavy atom. The van der Waals surface area contributed by atoms with Gasteiger partial charge in [-0.15, -0.1) is 4.83 Å². The van der Waals surface area contributed by atoms with Crippen molar-refractivity contribution in [2.45, 2.75) is 31.2 Å². The van der Waals surface area contributed by atoms with Crippen LogP contribution in [0.4, 0.5) is 0 Å². The lowest BCUT2D eigenvalue weighted by Gasteiger charge is -2.27. The van der Waals surface area contributed by atoms with E-state index in [-0.39, 0.29) is 22.8 Å². The number of hydrogen-bond acceptors (Lipinski definition) is 6. The van der Waals surface area contributed by atoms with E-state index in [9.17, 15) is 13.2 Å². The first-order chi connectivity index (χ1) is 10.5. The van der Waals surface area contributed by atoms with Gasteiger partial charge < -0.3 is 4.52 Å². The molecule has 0 atom stereocenters. The third-order valence-electron chi connectivity index (χ3n) is 3.16. The van der Waals surface area contributed by atoms with E-state index in [1.54, 1.807) is 12.1 Å². The van der Waals surface area contributed by atoms with Crippen LogP contribution in [-0.4, -0.2) is 29.5 Å². The second-order valence-electron chi connectivity index (χ2n) is 4.84. The minimum atomic E-state index is -3.78. The van der Waals surface area contributed by atoms with Crippen LogP contribution in [0.2, 0.25) is 0 Å². The van der Waals surface area contributed by atoms with Crippen LogP contribution in [0, 0.1) is 0 Å². The van der Waals surface area contributed by atoms with Crippen LogP contribution >= 0.6 is 0 Å². The predicted molar refractivity (Wildman–Crippen MR) is 74.9 cm³/mol. The van der Waals surface area contributed by atoms with Gasteiger partial charge >= 0.3 is 0 Å². The fraction of sp³-hybridized carbons (Fsp3) is 0.308. The number of aryl methyl sites for hydroxylation is 1. The number of hydrazine groups is 1. The van der Waals surface area contributed by atoms with Crippen molar-refractivity contribution in [1.29, 1.82) is 0 Å². The van der Waals surface area contributed by atoms with Crippen molar-refractivity contribution in [1.82, 2.24) is 20.0 Å². The Morgan fingerprint density at radius 1 is 1.32 bits per heavy atom. The minimum Gasteiger partial charge on any atom is -0.339 e. The van der Waals surface area contributed by atoms with E-state index in [4.69, 9.17) is 4.52 Å². The average Bonchev–Trinajstić information content (AvgIpc) is 2.92. The van der Waals surface area contributed by atoms with Gasteiger partial charge in [0, 0.05) is 6.42 Å². The molecule has 1 aromatic carbocycles. The molecule has 8 nitrogen and oxygen atoms in total. The van der Waals surface area contributed by atoms with Gasteiger partial charge in [-0.1, -0.05) is 24.2 Å². The van der Waals surface area contributed by atoms with Gasteiger partial charge in [-0.2, -0.15) is 4.98 Å². The lowest BCUT2D eigenvalue weighted by molar-refractivity contribution is 0.0681. The van der Waals surface area contributed by atoms with E-state index in [2.05, 4.69) is 15.0 Å². The third-order valence-corrected chi connectivity index (χ3v) is 4.55. The molecule has 22 heavy (non-hydrogen) atoms. The molecular formula is C13H14N4O4S. The maximum atomic E-state index is 12.4. The summed E-state index contributed by atoms with van der Waals surface area (Å²) < 4.78 is 29.3. The number of hydrogen-bond donors (Lipinski definition) is 1. The Bertz CT molecular complexity index is 815. The van der Waals surface area contributed by atoms with Crippen LogP contribution in [0.3, 0.4) is 0 Å². The van der Waals surface area contributed by atoms with Crippen molar-refractivity contribution >= 4 is 15.9 Å². The van der Waals surface area contributed by atoms with E-state index in [0.29, 0.717) is 12.3 Å². The van der Waals surface area contributed by atoms with Crippen LogP contribution in [0.25, 0.3) is 0 Å². The Kier molecular flexibility index (Phi) is 3.67. The smallest absolute Gasteiger partial charge is 0.270 e. The number of sulfonamides is 1. The highest BCUT2D eigenvalue weighted by molar-refractivity contribution is 7.89. The first-order valence-corrected chi connectivity index (χ1v) is 8.24. The van der Waals surface area contributed by atoms with Crippen molar-refractivity contribution in [3.8, 4) is 0 Å². The molecule has 1 aromatic heterocycles. The van der Waals surface area contributed by atoms with E-state index in [1.807, 2.05) is 6.92 Å². The zero-order valence-corrected chi connectivity index (χ0v) is 12.6. The predicted octanol–water partition coefficient (Wildman–Crippen LogP) is 0.871. The SMILES string of the molecule is CCCc1nc(CN2NS(=O)(=O)c3ccccc3C2=O)no1. The number of benzene rings is 1. The Morgan fingerprint density at radius 2 is 2.09 bits per heavy atom.